The van der Waals surface area contributed by atoms with Gasteiger partial charge in [-0.3, -0.25) is 25.0 Å². The van der Waals surface area contributed by atoms with Gasteiger partial charge in [-0.2, -0.15) is 0 Å². The number of carbonyl (C=O) groups excluding carboxylic acids is 1. The van der Waals surface area contributed by atoms with E-state index < -0.39 is 38.8 Å². The predicted molar refractivity (Wildman–Crippen MR) is 74.1 cm³/mol. The summed E-state index contributed by atoms with van der Waals surface area (Å²) >= 11 is 0. The lowest BCUT2D eigenvalue weighted by atomic mass is 10.1. The van der Waals surface area contributed by atoms with Crippen molar-refractivity contribution in [1.29, 1.82) is 0 Å². The van der Waals surface area contributed by atoms with E-state index in [-0.39, 0.29) is 11.3 Å². The monoisotopic (exact) mass is 323 g/mol. The first-order valence-corrected chi connectivity index (χ1v) is 5.99. The van der Waals surface area contributed by atoms with Gasteiger partial charge in [0.25, 0.3) is 17.3 Å². The third kappa shape index (κ3) is 3.43. The highest BCUT2D eigenvalue weighted by Gasteiger charge is 2.21. The molecule has 2 aromatic carbocycles. The molecule has 0 spiro atoms. The molecule has 1 amide bonds. The van der Waals surface area contributed by atoms with Crippen LogP contribution in [0.5, 0.6) is 0 Å². The Hall–Kier alpha value is -3.43. The number of non-ortho nitro benzene ring substituents is 1. The lowest BCUT2D eigenvalue weighted by molar-refractivity contribution is -0.384. The SMILES string of the molecule is O=C(Nc1cc(F)c(F)cc1[N+](=O)[O-])c1cccc([N+](=O)[O-])c1. The van der Waals surface area contributed by atoms with E-state index in [0.29, 0.717) is 12.1 Å². The highest BCUT2D eigenvalue weighted by Crippen LogP contribution is 2.27. The average molecular weight is 323 g/mol. The number of nitrogens with zero attached hydrogens (tertiary/aromatic N) is 2. The fourth-order valence-corrected chi connectivity index (χ4v) is 1.74. The third-order valence-electron chi connectivity index (χ3n) is 2.80. The molecular formula is C13H7F2N3O5. The molecule has 8 nitrogen and oxygen atoms in total. The fourth-order valence-electron chi connectivity index (χ4n) is 1.74. The molecule has 0 fully saturated rings. The molecule has 0 aliphatic rings. The molecule has 2 aromatic rings. The number of carbonyl (C=O) groups is 1. The summed E-state index contributed by atoms with van der Waals surface area (Å²) in [5.41, 5.74) is -1.94. The molecule has 0 aliphatic heterocycles. The van der Waals surface area contributed by atoms with Crippen LogP contribution in [-0.4, -0.2) is 15.8 Å². The van der Waals surface area contributed by atoms with Gasteiger partial charge in [-0.1, -0.05) is 6.07 Å². The molecule has 0 bridgehead atoms. The minimum Gasteiger partial charge on any atom is -0.316 e. The maximum absolute atomic E-state index is 13.2. The molecule has 0 unspecified atom stereocenters. The molecule has 0 saturated carbocycles. The summed E-state index contributed by atoms with van der Waals surface area (Å²) in [6.45, 7) is 0. The Morgan fingerprint density at radius 1 is 1.00 bits per heavy atom. The second-order valence-electron chi connectivity index (χ2n) is 4.30. The molecule has 10 heteroatoms. The molecule has 0 radical (unpaired) electrons. The lowest BCUT2D eigenvalue weighted by Gasteiger charge is -2.06. The number of hydrogen-bond donors (Lipinski definition) is 1. The third-order valence-corrected chi connectivity index (χ3v) is 2.80. The predicted octanol–water partition coefficient (Wildman–Crippen LogP) is 3.03. The van der Waals surface area contributed by atoms with Crippen LogP contribution in [0.15, 0.2) is 36.4 Å². The molecule has 0 aromatic heterocycles. The van der Waals surface area contributed by atoms with E-state index in [9.17, 15) is 33.8 Å². The number of hydrogen-bond acceptors (Lipinski definition) is 5. The molecule has 1 N–H and O–H groups in total. The van der Waals surface area contributed by atoms with Crippen LogP contribution in [0.3, 0.4) is 0 Å². The van der Waals surface area contributed by atoms with Gasteiger partial charge >= 0.3 is 0 Å². The molecular weight excluding hydrogens is 316 g/mol. The van der Waals surface area contributed by atoms with Crippen LogP contribution in [0, 0.1) is 31.9 Å². The number of rotatable bonds is 4. The zero-order valence-electron chi connectivity index (χ0n) is 11.2. The first-order chi connectivity index (χ1) is 10.8. The number of nitro benzene ring substituents is 2. The number of benzene rings is 2. The summed E-state index contributed by atoms with van der Waals surface area (Å²) in [4.78, 5) is 31.7. The van der Waals surface area contributed by atoms with Gasteiger partial charge in [-0.05, 0) is 6.07 Å². The Morgan fingerprint density at radius 3 is 2.26 bits per heavy atom. The zero-order chi connectivity index (χ0) is 17.1. The van der Waals surface area contributed by atoms with E-state index >= 15 is 0 Å². The Bertz CT molecular complexity index is 825. The van der Waals surface area contributed by atoms with Gasteiger partial charge in [0.2, 0.25) is 0 Å². The van der Waals surface area contributed by atoms with Crippen LogP contribution >= 0.6 is 0 Å². The van der Waals surface area contributed by atoms with Gasteiger partial charge in [-0.15, -0.1) is 0 Å². The van der Waals surface area contributed by atoms with Crippen molar-refractivity contribution >= 4 is 23.0 Å². The van der Waals surface area contributed by atoms with Crippen LogP contribution < -0.4 is 5.32 Å². The van der Waals surface area contributed by atoms with Crippen LogP contribution in [0.1, 0.15) is 10.4 Å². The van der Waals surface area contributed by atoms with Gasteiger partial charge in [0.15, 0.2) is 11.6 Å². The van der Waals surface area contributed by atoms with Crippen molar-refractivity contribution in [3.8, 4) is 0 Å². The highest BCUT2D eigenvalue weighted by atomic mass is 19.2. The summed E-state index contributed by atoms with van der Waals surface area (Å²) in [5.74, 6) is -3.77. The minimum absolute atomic E-state index is 0.168. The molecule has 2 rings (SSSR count). The zero-order valence-corrected chi connectivity index (χ0v) is 11.2. The van der Waals surface area contributed by atoms with E-state index in [4.69, 9.17) is 0 Å². The van der Waals surface area contributed by atoms with E-state index in [1.807, 2.05) is 5.32 Å². The van der Waals surface area contributed by atoms with Crippen LogP contribution in [0.25, 0.3) is 0 Å². The number of anilines is 1. The number of amides is 1. The molecule has 0 heterocycles. The second-order valence-corrected chi connectivity index (χ2v) is 4.30. The fraction of sp³-hybridized carbons (Fsp3) is 0. The standard InChI is InChI=1S/C13H7F2N3O5/c14-9-5-11(12(18(22)23)6-10(9)15)16-13(19)7-2-1-3-8(4-7)17(20)21/h1-6H,(H,16,19). The molecule has 0 atom stereocenters. The topological polar surface area (TPSA) is 115 Å². The van der Waals surface area contributed by atoms with Gasteiger partial charge < -0.3 is 5.32 Å². The van der Waals surface area contributed by atoms with Crippen molar-refractivity contribution < 1.29 is 23.4 Å². The summed E-state index contributed by atoms with van der Waals surface area (Å²) in [5, 5.41) is 23.5. The quantitative estimate of drug-likeness (QED) is 0.686. The largest absolute Gasteiger partial charge is 0.316 e. The Balaban J connectivity index is 2.37. The van der Waals surface area contributed by atoms with Crippen molar-refractivity contribution in [2.24, 2.45) is 0 Å². The van der Waals surface area contributed by atoms with E-state index in [2.05, 4.69) is 0 Å². The summed E-state index contributed by atoms with van der Waals surface area (Å²) in [6, 6.07) is 5.36. The molecule has 23 heavy (non-hydrogen) atoms. The molecule has 0 saturated heterocycles. The highest BCUT2D eigenvalue weighted by molar-refractivity contribution is 6.05. The van der Waals surface area contributed by atoms with E-state index in [1.165, 1.54) is 12.1 Å². The minimum atomic E-state index is -1.44. The maximum atomic E-state index is 13.2. The smallest absolute Gasteiger partial charge is 0.295 e. The Morgan fingerprint density at radius 2 is 1.65 bits per heavy atom. The first-order valence-electron chi connectivity index (χ1n) is 5.99. The van der Waals surface area contributed by atoms with Crippen molar-refractivity contribution in [2.75, 3.05) is 5.32 Å². The first kappa shape index (κ1) is 15.9. The van der Waals surface area contributed by atoms with Crippen molar-refractivity contribution in [3.63, 3.8) is 0 Å². The van der Waals surface area contributed by atoms with E-state index in [0.717, 1.165) is 12.1 Å². The number of halogens is 2. The van der Waals surface area contributed by atoms with Crippen LogP contribution in [-0.2, 0) is 0 Å². The van der Waals surface area contributed by atoms with Gasteiger partial charge in [0.05, 0.1) is 15.9 Å². The Kier molecular flexibility index (Phi) is 4.25. The van der Waals surface area contributed by atoms with Crippen molar-refractivity contribution in [1.82, 2.24) is 0 Å². The van der Waals surface area contributed by atoms with Crippen molar-refractivity contribution in [3.05, 3.63) is 73.8 Å². The number of nitro groups is 2. The maximum Gasteiger partial charge on any atom is 0.295 e. The van der Waals surface area contributed by atoms with Crippen LogP contribution in [0.2, 0.25) is 0 Å². The number of nitrogens with one attached hydrogen (secondary N) is 1. The summed E-state index contributed by atoms with van der Waals surface area (Å²) in [6.07, 6.45) is 0. The molecule has 118 valence electrons. The Labute approximate surface area is 126 Å². The van der Waals surface area contributed by atoms with E-state index in [1.54, 1.807) is 0 Å². The molecule has 0 aliphatic carbocycles. The summed E-state index contributed by atoms with van der Waals surface area (Å²) < 4.78 is 26.3. The van der Waals surface area contributed by atoms with Crippen molar-refractivity contribution in [2.45, 2.75) is 0 Å². The second kappa shape index (κ2) is 6.13. The average Bonchev–Trinajstić information content (AvgIpc) is 2.50. The van der Waals surface area contributed by atoms with Crippen LogP contribution in [0.4, 0.5) is 25.8 Å². The van der Waals surface area contributed by atoms with Gasteiger partial charge in [0.1, 0.15) is 5.69 Å². The summed E-state index contributed by atoms with van der Waals surface area (Å²) in [7, 11) is 0. The van der Waals surface area contributed by atoms with Gasteiger partial charge in [0, 0.05) is 23.8 Å². The normalized spacial score (nSPS) is 10.2. The lowest BCUT2D eigenvalue weighted by Crippen LogP contribution is -2.14. The van der Waals surface area contributed by atoms with Gasteiger partial charge in [-0.25, -0.2) is 8.78 Å².